The molecule has 0 unspecified atom stereocenters. The highest BCUT2D eigenvalue weighted by Crippen LogP contribution is 2.32. The molecule has 0 radical (unpaired) electrons. The van der Waals surface area contributed by atoms with Crippen molar-refractivity contribution in [2.45, 2.75) is 13.8 Å². The molecule has 4 nitrogen and oxygen atoms in total. The normalized spacial score (nSPS) is 10.7. The summed E-state index contributed by atoms with van der Waals surface area (Å²) in [6.07, 6.45) is 0. The fraction of sp³-hybridized carbons (Fsp3) is 0.583. The number of thiophene rings is 1. The molecule has 1 amide bonds. The van der Waals surface area contributed by atoms with Crippen molar-refractivity contribution in [1.29, 1.82) is 0 Å². The summed E-state index contributed by atoms with van der Waals surface area (Å²) in [5.74, 6) is 0.549. The van der Waals surface area contributed by atoms with Crippen molar-refractivity contribution in [2.75, 3.05) is 38.3 Å². The summed E-state index contributed by atoms with van der Waals surface area (Å²) >= 11 is 1.46. The molecule has 0 bridgehead atoms. The van der Waals surface area contributed by atoms with E-state index >= 15 is 0 Å². The molecule has 0 saturated carbocycles. The molecular weight excluding hydrogens is 234 g/mol. The highest BCUT2D eigenvalue weighted by molar-refractivity contribution is 7.18. The summed E-state index contributed by atoms with van der Waals surface area (Å²) in [5, 5.41) is 1.04. The lowest BCUT2D eigenvalue weighted by Crippen LogP contribution is -2.22. The van der Waals surface area contributed by atoms with Gasteiger partial charge < -0.3 is 15.5 Å². The molecule has 0 atom stereocenters. The third kappa shape index (κ3) is 3.36. The van der Waals surface area contributed by atoms with Gasteiger partial charge in [-0.15, -0.1) is 11.3 Å². The second-order valence-corrected chi connectivity index (χ2v) is 5.87. The molecule has 1 aromatic heterocycles. The Morgan fingerprint density at radius 3 is 2.47 bits per heavy atom. The van der Waals surface area contributed by atoms with Gasteiger partial charge in [0.25, 0.3) is 5.91 Å². The van der Waals surface area contributed by atoms with Crippen molar-refractivity contribution < 1.29 is 4.79 Å². The van der Waals surface area contributed by atoms with Crippen molar-refractivity contribution in [3.8, 4) is 0 Å². The molecule has 0 aliphatic rings. The van der Waals surface area contributed by atoms with Gasteiger partial charge in [0.2, 0.25) is 0 Å². The van der Waals surface area contributed by atoms with Gasteiger partial charge in [0.1, 0.15) is 4.88 Å². The molecule has 1 heterocycles. The molecule has 0 fully saturated rings. The van der Waals surface area contributed by atoms with Gasteiger partial charge in [-0.2, -0.15) is 0 Å². The topological polar surface area (TPSA) is 49.6 Å². The summed E-state index contributed by atoms with van der Waals surface area (Å²) in [4.78, 5) is 16.2. The minimum atomic E-state index is -0.0308. The van der Waals surface area contributed by atoms with Gasteiger partial charge in [-0.3, -0.25) is 4.79 Å². The first-order valence-electron chi connectivity index (χ1n) is 5.65. The van der Waals surface area contributed by atoms with Gasteiger partial charge in [-0.05, 0) is 12.0 Å². The number of nitrogens with two attached hydrogens (primary N) is 1. The van der Waals surface area contributed by atoms with Crippen LogP contribution in [0.15, 0.2) is 6.07 Å². The Bertz CT molecular complexity index is 398. The molecule has 5 heteroatoms. The first kappa shape index (κ1) is 13.8. The van der Waals surface area contributed by atoms with E-state index in [0.29, 0.717) is 16.5 Å². The molecule has 1 rings (SSSR count). The summed E-state index contributed by atoms with van der Waals surface area (Å²) in [6, 6.07) is 1.88. The lowest BCUT2D eigenvalue weighted by atomic mass is 10.2. The smallest absolute Gasteiger partial charge is 0.265 e. The van der Waals surface area contributed by atoms with E-state index < -0.39 is 0 Å². The molecule has 0 spiro atoms. The number of nitrogen functional groups attached to an aromatic ring is 1. The zero-order valence-electron chi connectivity index (χ0n) is 11.2. The predicted octanol–water partition coefficient (Wildman–Crippen LogP) is 2.12. The van der Waals surface area contributed by atoms with Crippen LogP contribution in [0.5, 0.6) is 0 Å². The van der Waals surface area contributed by atoms with Crippen molar-refractivity contribution in [2.24, 2.45) is 5.92 Å². The predicted molar refractivity (Wildman–Crippen MR) is 74.9 cm³/mol. The number of anilines is 2. The van der Waals surface area contributed by atoms with E-state index in [9.17, 15) is 4.79 Å². The minimum absolute atomic E-state index is 0.0308. The number of rotatable bonds is 4. The summed E-state index contributed by atoms with van der Waals surface area (Å²) in [5.41, 5.74) is 6.45. The summed E-state index contributed by atoms with van der Waals surface area (Å²) < 4.78 is 0. The SMILES string of the molecule is CC(C)CN(C)c1cc(N)c(C(=O)N(C)C)s1. The summed E-state index contributed by atoms with van der Waals surface area (Å²) in [7, 11) is 5.49. The monoisotopic (exact) mass is 255 g/mol. The quantitative estimate of drug-likeness (QED) is 0.896. The van der Waals surface area contributed by atoms with E-state index in [1.54, 1.807) is 19.0 Å². The lowest BCUT2D eigenvalue weighted by Gasteiger charge is -2.19. The molecular formula is C12H21N3OS. The van der Waals surface area contributed by atoms with Crippen molar-refractivity contribution >= 4 is 27.9 Å². The van der Waals surface area contributed by atoms with Crippen LogP contribution in [-0.4, -0.2) is 38.5 Å². The third-order valence-electron chi connectivity index (χ3n) is 2.36. The zero-order valence-corrected chi connectivity index (χ0v) is 12.0. The Balaban J connectivity index is 2.92. The van der Waals surface area contributed by atoms with Crippen LogP contribution >= 0.6 is 11.3 Å². The second kappa shape index (κ2) is 5.40. The van der Waals surface area contributed by atoms with Crippen LogP contribution in [0.4, 0.5) is 10.7 Å². The number of carbonyl (C=O) groups excluding carboxylic acids is 1. The van der Waals surface area contributed by atoms with E-state index in [1.165, 1.54) is 11.3 Å². The van der Waals surface area contributed by atoms with Crippen molar-refractivity contribution in [3.63, 3.8) is 0 Å². The van der Waals surface area contributed by atoms with E-state index in [2.05, 4.69) is 18.7 Å². The first-order valence-corrected chi connectivity index (χ1v) is 6.46. The summed E-state index contributed by atoms with van der Waals surface area (Å²) in [6.45, 7) is 5.29. The Labute approximate surface area is 107 Å². The van der Waals surface area contributed by atoms with Gasteiger partial charge in [0, 0.05) is 27.7 Å². The van der Waals surface area contributed by atoms with Gasteiger partial charge in [0.05, 0.1) is 10.7 Å². The van der Waals surface area contributed by atoms with Crippen LogP contribution in [0.1, 0.15) is 23.5 Å². The average molecular weight is 255 g/mol. The lowest BCUT2D eigenvalue weighted by molar-refractivity contribution is 0.0833. The highest BCUT2D eigenvalue weighted by Gasteiger charge is 2.17. The zero-order chi connectivity index (χ0) is 13.2. The van der Waals surface area contributed by atoms with Crippen molar-refractivity contribution in [3.05, 3.63) is 10.9 Å². The molecule has 1 aromatic rings. The number of hydrogen-bond donors (Lipinski definition) is 1. The van der Waals surface area contributed by atoms with Crippen LogP contribution in [0.3, 0.4) is 0 Å². The van der Waals surface area contributed by atoms with E-state index in [4.69, 9.17) is 5.73 Å². The Kier molecular flexibility index (Phi) is 4.40. The van der Waals surface area contributed by atoms with Crippen LogP contribution in [0.2, 0.25) is 0 Å². The van der Waals surface area contributed by atoms with Crippen LogP contribution in [0.25, 0.3) is 0 Å². The van der Waals surface area contributed by atoms with Crippen LogP contribution in [-0.2, 0) is 0 Å². The molecule has 17 heavy (non-hydrogen) atoms. The van der Waals surface area contributed by atoms with Crippen molar-refractivity contribution in [1.82, 2.24) is 4.90 Å². The fourth-order valence-corrected chi connectivity index (χ4v) is 2.66. The molecule has 0 aliphatic carbocycles. The Morgan fingerprint density at radius 1 is 1.41 bits per heavy atom. The Hall–Kier alpha value is -1.23. The number of carbonyl (C=O) groups is 1. The molecule has 0 aliphatic heterocycles. The minimum Gasteiger partial charge on any atom is -0.397 e. The highest BCUT2D eigenvalue weighted by atomic mass is 32.1. The number of hydrogen-bond acceptors (Lipinski definition) is 4. The van der Waals surface area contributed by atoms with E-state index in [0.717, 1.165) is 11.5 Å². The van der Waals surface area contributed by atoms with Crippen LogP contribution in [0, 0.1) is 5.92 Å². The molecule has 0 aromatic carbocycles. The first-order chi connectivity index (χ1) is 7.82. The second-order valence-electron chi connectivity index (χ2n) is 4.84. The molecule has 2 N–H and O–H groups in total. The molecule has 96 valence electrons. The average Bonchev–Trinajstić information content (AvgIpc) is 2.58. The van der Waals surface area contributed by atoms with Gasteiger partial charge in [0.15, 0.2) is 0 Å². The van der Waals surface area contributed by atoms with Gasteiger partial charge in [-0.25, -0.2) is 0 Å². The number of amides is 1. The maximum absolute atomic E-state index is 11.9. The largest absolute Gasteiger partial charge is 0.397 e. The van der Waals surface area contributed by atoms with Crippen LogP contribution < -0.4 is 10.6 Å². The third-order valence-corrected chi connectivity index (χ3v) is 3.62. The number of nitrogens with zero attached hydrogens (tertiary/aromatic N) is 2. The van der Waals surface area contributed by atoms with E-state index in [-0.39, 0.29) is 5.91 Å². The standard InChI is InChI=1S/C12H21N3OS/c1-8(2)7-15(5)10-6-9(13)11(17-10)12(16)14(3)4/h6,8H,7,13H2,1-5H3. The van der Waals surface area contributed by atoms with E-state index in [1.807, 2.05) is 13.1 Å². The van der Waals surface area contributed by atoms with Gasteiger partial charge in [-0.1, -0.05) is 13.8 Å². The maximum atomic E-state index is 11.9. The maximum Gasteiger partial charge on any atom is 0.265 e. The van der Waals surface area contributed by atoms with Gasteiger partial charge >= 0.3 is 0 Å². The Morgan fingerprint density at radius 2 is 2.00 bits per heavy atom. The fourth-order valence-electron chi connectivity index (χ4n) is 1.59. The molecule has 0 saturated heterocycles.